The van der Waals surface area contributed by atoms with E-state index in [1.165, 1.54) is 0 Å². The topological polar surface area (TPSA) is 153 Å². The third kappa shape index (κ3) is 13.6. The number of carbonyl (C=O) groups is 4. The van der Waals surface area contributed by atoms with Crippen molar-refractivity contribution in [3.05, 3.63) is 48.5 Å². The highest BCUT2D eigenvalue weighted by atomic mass is 16.5. The molecular formula is C27H36N4O8. The number of amides is 4. The second-order valence-electron chi connectivity index (χ2n) is 8.39. The van der Waals surface area contributed by atoms with E-state index in [-0.39, 0.29) is 37.9 Å². The van der Waals surface area contributed by atoms with Gasteiger partial charge >= 0.3 is 0 Å². The molecule has 2 aromatic carbocycles. The van der Waals surface area contributed by atoms with Crippen molar-refractivity contribution in [3.63, 3.8) is 0 Å². The summed E-state index contributed by atoms with van der Waals surface area (Å²) in [6, 6.07) is 13.6. The zero-order chi connectivity index (χ0) is 28.3. The number of hydrazine groups is 2. The largest absolute Gasteiger partial charge is 0.497 e. The third-order valence-corrected chi connectivity index (χ3v) is 5.35. The van der Waals surface area contributed by atoms with E-state index in [9.17, 15) is 19.2 Å². The Balaban J connectivity index is 1.42. The normalized spacial score (nSPS) is 10.1. The highest BCUT2D eigenvalue weighted by Gasteiger charge is 2.08. The zero-order valence-electron chi connectivity index (χ0n) is 22.2. The Bertz CT molecular complexity index is 961. The van der Waals surface area contributed by atoms with Gasteiger partial charge in [-0.1, -0.05) is 19.3 Å². The van der Waals surface area contributed by atoms with Crippen LogP contribution in [-0.4, -0.2) is 51.1 Å². The number of benzene rings is 2. The Morgan fingerprint density at radius 2 is 0.795 bits per heavy atom. The highest BCUT2D eigenvalue weighted by Crippen LogP contribution is 2.17. The van der Waals surface area contributed by atoms with E-state index in [0.29, 0.717) is 35.8 Å². The molecule has 0 aromatic heterocycles. The summed E-state index contributed by atoms with van der Waals surface area (Å²) >= 11 is 0. The molecule has 39 heavy (non-hydrogen) atoms. The first-order valence-electron chi connectivity index (χ1n) is 12.6. The molecule has 4 N–H and O–H groups in total. The fourth-order valence-corrected chi connectivity index (χ4v) is 3.22. The van der Waals surface area contributed by atoms with Crippen molar-refractivity contribution in [3.8, 4) is 23.0 Å². The number of nitrogens with one attached hydrogen (secondary N) is 4. The monoisotopic (exact) mass is 544 g/mol. The fraction of sp³-hybridized carbons (Fsp3) is 0.407. The number of hydrogen-bond donors (Lipinski definition) is 4. The van der Waals surface area contributed by atoms with Crippen LogP contribution >= 0.6 is 0 Å². The van der Waals surface area contributed by atoms with Gasteiger partial charge in [-0.3, -0.25) is 40.9 Å². The maximum atomic E-state index is 11.9. The molecule has 0 atom stereocenters. The van der Waals surface area contributed by atoms with Crippen molar-refractivity contribution in [2.45, 2.75) is 44.9 Å². The van der Waals surface area contributed by atoms with E-state index in [0.717, 1.165) is 19.3 Å². The second-order valence-corrected chi connectivity index (χ2v) is 8.39. The lowest BCUT2D eigenvalue weighted by molar-refractivity contribution is -0.130. The van der Waals surface area contributed by atoms with Gasteiger partial charge in [-0.2, -0.15) is 0 Å². The van der Waals surface area contributed by atoms with Gasteiger partial charge in [-0.25, -0.2) is 0 Å². The molecule has 0 radical (unpaired) electrons. The van der Waals surface area contributed by atoms with Crippen molar-refractivity contribution < 1.29 is 38.1 Å². The van der Waals surface area contributed by atoms with Crippen LogP contribution in [-0.2, 0) is 19.2 Å². The van der Waals surface area contributed by atoms with Gasteiger partial charge < -0.3 is 18.9 Å². The van der Waals surface area contributed by atoms with Crippen LogP contribution in [0, 0.1) is 0 Å². The third-order valence-electron chi connectivity index (χ3n) is 5.35. The maximum Gasteiger partial charge on any atom is 0.276 e. The van der Waals surface area contributed by atoms with Crippen LogP contribution in [0.3, 0.4) is 0 Å². The molecule has 0 unspecified atom stereocenters. The van der Waals surface area contributed by atoms with Gasteiger partial charge in [0.05, 0.1) is 14.2 Å². The van der Waals surface area contributed by atoms with E-state index in [4.69, 9.17) is 18.9 Å². The van der Waals surface area contributed by atoms with Crippen LogP contribution in [0.1, 0.15) is 44.9 Å². The Kier molecular flexibility index (Phi) is 14.1. The maximum absolute atomic E-state index is 11.9. The molecule has 4 amide bonds. The van der Waals surface area contributed by atoms with Gasteiger partial charge in [-0.05, 0) is 61.4 Å². The summed E-state index contributed by atoms with van der Waals surface area (Å²) in [7, 11) is 3.12. The summed E-state index contributed by atoms with van der Waals surface area (Å²) in [5.74, 6) is 0.844. The van der Waals surface area contributed by atoms with Crippen molar-refractivity contribution in [2.75, 3.05) is 27.4 Å². The Labute approximate surface area is 227 Å². The van der Waals surface area contributed by atoms with Gasteiger partial charge in [0.25, 0.3) is 11.8 Å². The van der Waals surface area contributed by atoms with E-state index < -0.39 is 11.8 Å². The smallest absolute Gasteiger partial charge is 0.276 e. The van der Waals surface area contributed by atoms with Crippen molar-refractivity contribution in [2.24, 2.45) is 0 Å². The molecule has 2 rings (SSSR count). The van der Waals surface area contributed by atoms with Crippen molar-refractivity contribution in [1.29, 1.82) is 0 Å². The molecule has 12 heteroatoms. The molecule has 212 valence electrons. The van der Waals surface area contributed by atoms with Crippen LogP contribution in [0.5, 0.6) is 23.0 Å². The summed E-state index contributed by atoms with van der Waals surface area (Å²) < 4.78 is 20.8. The summed E-state index contributed by atoms with van der Waals surface area (Å²) in [5, 5.41) is 0. The number of hydrogen-bond acceptors (Lipinski definition) is 8. The summed E-state index contributed by atoms with van der Waals surface area (Å²) in [4.78, 5) is 47.3. The minimum absolute atomic E-state index is 0.235. The van der Waals surface area contributed by atoms with Gasteiger partial charge in [0.2, 0.25) is 11.8 Å². The molecule has 0 aliphatic rings. The summed E-state index contributed by atoms with van der Waals surface area (Å²) in [6.45, 7) is -0.470. The Hall–Kier alpha value is -4.48. The average Bonchev–Trinajstić information content (AvgIpc) is 2.96. The van der Waals surface area contributed by atoms with Crippen LogP contribution in [0.2, 0.25) is 0 Å². The molecule has 0 saturated carbocycles. The van der Waals surface area contributed by atoms with Crippen molar-refractivity contribution in [1.82, 2.24) is 21.7 Å². The van der Waals surface area contributed by atoms with Gasteiger partial charge in [0.15, 0.2) is 13.2 Å². The predicted molar refractivity (Wildman–Crippen MR) is 142 cm³/mol. The van der Waals surface area contributed by atoms with E-state index in [2.05, 4.69) is 21.7 Å². The molecule has 0 spiro atoms. The Morgan fingerprint density at radius 3 is 1.15 bits per heavy atom. The first-order chi connectivity index (χ1) is 18.9. The lowest BCUT2D eigenvalue weighted by Crippen LogP contribution is -2.43. The van der Waals surface area contributed by atoms with Gasteiger partial charge in [-0.15, -0.1) is 0 Å². The van der Waals surface area contributed by atoms with Gasteiger partial charge in [0, 0.05) is 12.8 Å². The second kappa shape index (κ2) is 17.9. The lowest BCUT2D eigenvalue weighted by Gasteiger charge is -2.09. The summed E-state index contributed by atoms with van der Waals surface area (Å²) in [5.41, 5.74) is 9.35. The quantitative estimate of drug-likeness (QED) is 0.185. The summed E-state index contributed by atoms with van der Waals surface area (Å²) in [6.07, 6.45) is 4.31. The molecule has 0 bridgehead atoms. The number of unbranched alkanes of at least 4 members (excludes halogenated alkanes) is 4. The minimum atomic E-state index is -0.474. The molecule has 0 aliphatic heterocycles. The molecular weight excluding hydrogens is 508 g/mol. The minimum Gasteiger partial charge on any atom is -0.497 e. The first-order valence-corrected chi connectivity index (χ1v) is 12.6. The number of rotatable bonds is 16. The zero-order valence-corrected chi connectivity index (χ0v) is 22.2. The molecule has 0 saturated heterocycles. The fourth-order valence-electron chi connectivity index (χ4n) is 3.22. The van der Waals surface area contributed by atoms with Crippen LogP contribution in [0.25, 0.3) is 0 Å². The number of methoxy groups -OCH3 is 2. The van der Waals surface area contributed by atoms with Crippen molar-refractivity contribution >= 4 is 23.6 Å². The van der Waals surface area contributed by atoms with E-state index in [1.807, 2.05) is 0 Å². The molecule has 0 aliphatic carbocycles. The number of carbonyl (C=O) groups excluding carboxylic acids is 4. The predicted octanol–water partition coefficient (Wildman–Crippen LogP) is 2.19. The van der Waals surface area contributed by atoms with Crippen LogP contribution in [0.15, 0.2) is 48.5 Å². The standard InChI is InChI=1S/C27H36N4O8/c1-36-20-10-14-22(15-11-20)38-18-26(34)30-28-24(32)8-6-4-3-5-7-9-25(33)29-31-27(35)19-39-23-16-12-21(37-2)13-17-23/h10-17H,3-9,18-19H2,1-2H3,(H,28,32)(H,29,33)(H,30,34)(H,31,35). The SMILES string of the molecule is COc1ccc(OCC(=O)NNC(=O)CCCCCCCC(=O)NNC(=O)COc2ccc(OC)cc2)cc1. The lowest BCUT2D eigenvalue weighted by atomic mass is 10.1. The molecule has 0 fully saturated rings. The molecule has 0 heterocycles. The first kappa shape index (κ1) is 30.7. The van der Waals surface area contributed by atoms with Crippen LogP contribution < -0.4 is 40.7 Å². The average molecular weight is 545 g/mol. The Morgan fingerprint density at radius 1 is 0.487 bits per heavy atom. The van der Waals surface area contributed by atoms with E-state index in [1.54, 1.807) is 62.8 Å². The molecule has 12 nitrogen and oxygen atoms in total. The molecule has 2 aromatic rings. The van der Waals surface area contributed by atoms with E-state index >= 15 is 0 Å². The van der Waals surface area contributed by atoms with Gasteiger partial charge in [0.1, 0.15) is 23.0 Å². The number of ether oxygens (including phenoxy) is 4. The van der Waals surface area contributed by atoms with Crippen LogP contribution in [0.4, 0.5) is 0 Å². The highest BCUT2D eigenvalue weighted by molar-refractivity contribution is 5.83.